The summed E-state index contributed by atoms with van der Waals surface area (Å²) in [6, 6.07) is 0.265. The fraction of sp³-hybridized carbons (Fsp3) is 0.273. The van der Waals surface area contributed by atoms with Crippen LogP contribution in [0, 0.1) is 10.1 Å². The molecule has 0 fully saturated rings. The number of halogens is 3. The van der Waals surface area contributed by atoms with Gasteiger partial charge in [-0.3, -0.25) is 10.1 Å². The summed E-state index contributed by atoms with van der Waals surface area (Å²) >= 11 is 0. The van der Waals surface area contributed by atoms with Gasteiger partial charge in [-0.05, 0) is 12.1 Å². The molecule has 0 saturated heterocycles. The molecule has 0 spiro atoms. The van der Waals surface area contributed by atoms with Crippen LogP contribution in [0.5, 0.6) is 5.88 Å². The Balaban J connectivity index is 2.55. The Morgan fingerprint density at radius 2 is 2.19 bits per heavy atom. The molecule has 0 amide bonds. The van der Waals surface area contributed by atoms with Gasteiger partial charge in [-0.15, -0.1) is 0 Å². The second-order valence-corrected chi connectivity index (χ2v) is 3.98. The fourth-order valence-corrected chi connectivity index (χ4v) is 1.81. The van der Waals surface area contributed by atoms with E-state index in [1.54, 1.807) is 0 Å². The molecule has 21 heavy (non-hydrogen) atoms. The van der Waals surface area contributed by atoms with Crippen molar-refractivity contribution in [3.8, 4) is 5.88 Å². The van der Waals surface area contributed by atoms with E-state index in [9.17, 15) is 23.3 Å². The van der Waals surface area contributed by atoms with Crippen LogP contribution >= 0.6 is 0 Å². The summed E-state index contributed by atoms with van der Waals surface area (Å²) in [5.41, 5.74) is -0.822. The Hall–Kier alpha value is -2.65. The lowest BCUT2D eigenvalue weighted by molar-refractivity contribution is -0.385. The highest BCUT2D eigenvalue weighted by atomic mass is 19.4. The molecule has 0 radical (unpaired) electrons. The van der Waals surface area contributed by atoms with Gasteiger partial charge in [-0.1, -0.05) is 0 Å². The van der Waals surface area contributed by atoms with E-state index in [0.717, 1.165) is 6.20 Å². The molecule has 0 aliphatic carbocycles. The first-order valence-electron chi connectivity index (χ1n) is 5.58. The highest BCUT2D eigenvalue weighted by Crippen LogP contribution is 2.39. The van der Waals surface area contributed by atoms with Gasteiger partial charge in [0.15, 0.2) is 6.04 Å². The van der Waals surface area contributed by atoms with Crippen molar-refractivity contribution in [2.75, 3.05) is 7.11 Å². The summed E-state index contributed by atoms with van der Waals surface area (Å²) in [5.74, 6) is -0.224. The van der Waals surface area contributed by atoms with Gasteiger partial charge in [0.25, 0.3) is 0 Å². The first-order chi connectivity index (χ1) is 9.84. The summed E-state index contributed by atoms with van der Waals surface area (Å²) in [6.45, 7) is 0. The van der Waals surface area contributed by atoms with Crippen molar-refractivity contribution in [2.24, 2.45) is 0 Å². The average molecular weight is 302 g/mol. The topological polar surface area (TPSA) is 83.1 Å². The summed E-state index contributed by atoms with van der Waals surface area (Å²) in [5, 5.41) is 14.0. The van der Waals surface area contributed by atoms with Gasteiger partial charge in [0, 0.05) is 11.8 Å². The van der Waals surface area contributed by atoms with Gasteiger partial charge in [-0.25, -0.2) is 9.67 Å². The molecule has 2 heterocycles. The number of alkyl halides is 3. The quantitative estimate of drug-likeness (QED) is 0.639. The Morgan fingerprint density at radius 3 is 2.71 bits per heavy atom. The van der Waals surface area contributed by atoms with Gasteiger partial charge in [0.05, 0.1) is 12.0 Å². The van der Waals surface area contributed by atoms with E-state index in [2.05, 4.69) is 10.1 Å². The van der Waals surface area contributed by atoms with Crippen LogP contribution in [0.1, 0.15) is 11.6 Å². The number of nitrogens with zero attached hydrogens (tertiary/aromatic N) is 4. The number of pyridine rings is 1. The molecule has 2 aromatic heterocycles. The first-order valence-corrected chi connectivity index (χ1v) is 5.58. The van der Waals surface area contributed by atoms with Crippen molar-refractivity contribution in [3.05, 3.63) is 46.4 Å². The molecule has 7 nitrogen and oxygen atoms in total. The number of hydrogen-bond acceptors (Lipinski definition) is 5. The second kappa shape index (κ2) is 5.38. The van der Waals surface area contributed by atoms with E-state index in [-0.39, 0.29) is 11.4 Å². The van der Waals surface area contributed by atoms with Gasteiger partial charge in [0.1, 0.15) is 12.4 Å². The van der Waals surface area contributed by atoms with Crippen molar-refractivity contribution in [1.29, 1.82) is 0 Å². The summed E-state index contributed by atoms with van der Waals surface area (Å²) in [4.78, 5) is 13.5. The van der Waals surface area contributed by atoms with E-state index in [4.69, 9.17) is 4.74 Å². The minimum absolute atomic E-state index is 0.224. The predicted octanol–water partition coefficient (Wildman–Crippen LogP) is 2.35. The Morgan fingerprint density at radius 1 is 1.48 bits per heavy atom. The molecular formula is C11H9F3N4O3. The van der Waals surface area contributed by atoms with E-state index in [1.807, 2.05) is 0 Å². The first kappa shape index (κ1) is 14.8. The predicted molar refractivity (Wildman–Crippen MR) is 63.9 cm³/mol. The highest BCUT2D eigenvalue weighted by Gasteiger charge is 2.45. The molecule has 0 aromatic carbocycles. The third-order valence-corrected chi connectivity index (χ3v) is 2.66. The number of hydrogen-bond donors (Lipinski definition) is 0. The molecule has 0 N–H and O–H groups in total. The van der Waals surface area contributed by atoms with Crippen LogP contribution in [-0.4, -0.2) is 33.0 Å². The lowest BCUT2D eigenvalue weighted by Gasteiger charge is -2.21. The lowest BCUT2D eigenvalue weighted by Crippen LogP contribution is -2.28. The zero-order chi connectivity index (χ0) is 15.6. The molecule has 112 valence electrons. The number of ether oxygens (including phenoxy) is 1. The minimum Gasteiger partial charge on any atom is -0.481 e. The van der Waals surface area contributed by atoms with Crippen molar-refractivity contribution in [3.63, 3.8) is 0 Å². The Bertz CT molecular complexity index is 656. The van der Waals surface area contributed by atoms with E-state index in [0.29, 0.717) is 10.9 Å². The average Bonchev–Trinajstić information content (AvgIpc) is 2.87. The minimum atomic E-state index is -4.73. The normalized spacial score (nSPS) is 13.0. The van der Waals surface area contributed by atoms with Crippen LogP contribution in [0.15, 0.2) is 30.7 Å². The van der Waals surface area contributed by atoms with Crippen LogP contribution in [-0.2, 0) is 0 Å². The largest absolute Gasteiger partial charge is 0.481 e. The maximum Gasteiger partial charge on any atom is 0.415 e. The van der Waals surface area contributed by atoms with Gasteiger partial charge in [0.2, 0.25) is 5.88 Å². The monoisotopic (exact) mass is 302 g/mol. The zero-order valence-electron chi connectivity index (χ0n) is 10.6. The van der Waals surface area contributed by atoms with Crippen LogP contribution in [0.25, 0.3) is 0 Å². The third-order valence-electron chi connectivity index (χ3n) is 2.66. The maximum atomic E-state index is 13.3. The molecular weight excluding hydrogens is 293 g/mol. The lowest BCUT2D eigenvalue weighted by atomic mass is 10.1. The molecule has 10 heteroatoms. The smallest absolute Gasteiger partial charge is 0.415 e. The highest BCUT2D eigenvalue weighted by molar-refractivity contribution is 5.32. The van der Waals surface area contributed by atoms with E-state index >= 15 is 0 Å². The van der Waals surface area contributed by atoms with Gasteiger partial charge >= 0.3 is 11.9 Å². The second-order valence-electron chi connectivity index (χ2n) is 3.98. The van der Waals surface area contributed by atoms with Crippen molar-refractivity contribution < 1.29 is 22.8 Å². The summed E-state index contributed by atoms with van der Waals surface area (Å²) < 4.78 is 45.2. The Labute approximate surface area is 116 Å². The van der Waals surface area contributed by atoms with Gasteiger partial charge < -0.3 is 4.74 Å². The number of methoxy groups -OCH3 is 1. The van der Waals surface area contributed by atoms with Crippen LogP contribution in [0.2, 0.25) is 0 Å². The molecule has 0 saturated carbocycles. The van der Waals surface area contributed by atoms with Gasteiger partial charge in [-0.2, -0.15) is 18.3 Å². The SMILES string of the molecule is COc1ncccc1C(n1cc([N+](=O)[O-])cn1)C(F)(F)F. The van der Waals surface area contributed by atoms with Crippen molar-refractivity contribution in [2.45, 2.75) is 12.2 Å². The van der Waals surface area contributed by atoms with Crippen LogP contribution < -0.4 is 4.74 Å². The number of nitro groups is 1. The van der Waals surface area contributed by atoms with Crippen molar-refractivity contribution >= 4 is 5.69 Å². The van der Waals surface area contributed by atoms with E-state index in [1.165, 1.54) is 25.4 Å². The molecule has 2 rings (SSSR count). The summed E-state index contributed by atoms with van der Waals surface area (Å²) in [6.07, 6.45) is -1.98. The zero-order valence-corrected chi connectivity index (χ0v) is 10.6. The summed E-state index contributed by atoms with van der Waals surface area (Å²) in [7, 11) is 1.19. The molecule has 1 unspecified atom stereocenters. The molecule has 2 aromatic rings. The number of aromatic nitrogens is 3. The van der Waals surface area contributed by atoms with Crippen LogP contribution in [0.3, 0.4) is 0 Å². The Kier molecular flexibility index (Phi) is 3.78. The van der Waals surface area contributed by atoms with Crippen LogP contribution in [0.4, 0.5) is 18.9 Å². The standard InChI is InChI=1S/C11H9F3N4O3/c1-21-10-8(3-2-4-15-10)9(11(12,13)14)17-6-7(5-16-17)18(19)20/h2-6,9H,1H3. The molecule has 0 aliphatic heterocycles. The van der Waals surface area contributed by atoms with Crippen molar-refractivity contribution in [1.82, 2.24) is 14.8 Å². The number of rotatable bonds is 4. The maximum absolute atomic E-state index is 13.3. The fourth-order valence-electron chi connectivity index (χ4n) is 1.81. The molecule has 0 aliphatic rings. The third kappa shape index (κ3) is 2.93. The molecule has 0 bridgehead atoms. The van der Waals surface area contributed by atoms with E-state index < -0.39 is 22.8 Å². The molecule has 1 atom stereocenters.